The molecular weight excluding hydrogens is 402 g/mol. The van der Waals surface area contributed by atoms with Gasteiger partial charge in [-0.25, -0.2) is 4.79 Å². The molecule has 0 radical (unpaired) electrons. The van der Waals surface area contributed by atoms with Crippen LogP contribution in [-0.4, -0.2) is 85.0 Å². The van der Waals surface area contributed by atoms with Gasteiger partial charge in [-0.05, 0) is 50.8 Å². The normalized spacial score (nSPS) is 16.4. The van der Waals surface area contributed by atoms with Crippen molar-refractivity contribution < 1.29 is 9.59 Å². The van der Waals surface area contributed by atoms with Gasteiger partial charge in [0.15, 0.2) is 0 Å². The first-order chi connectivity index (χ1) is 14.4. The van der Waals surface area contributed by atoms with E-state index in [9.17, 15) is 9.59 Å². The lowest BCUT2D eigenvalue weighted by Gasteiger charge is -2.26. The summed E-state index contributed by atoms with van der Waals surface area (Å²) < 4.78 is 0. The van der Waals surface area contributed by atoms with Crippen LogP contribution in [-0.2, 0) is 0 Å². The van der Waals surface area contributed by atoms with Crippen molar-refractivity contribution in [3.8, 4) is 0 Å². The fourth-order valence-corrected chi connectivity index (χ4v) is 4.11. The molecule has 1 aliphatic rings. The Morgan fingerprint density at radius 2 is 1.83 bits per heavy atom. The summed E-state index contributed by atoms with van der Waals surface area (Å²) in [4.78, 5) is 31.7. The van der Waals surface area contributed by atoms with E-state index in [1.54, 1.807) is 18.2 Å². The molecule has 2 N–H and O–H groups in total. The highest BCUT2D eigenvalue weighted by atomic mass is 35.5. The highest BCUT2D eigenvalue weighted by Gasteiger charge is 2.29. The van der Waals surface area contributed by atoms with Gasteiger partial charge in [-0.15, -0.1) is 0 Å². The third-order valence-corrected chi connectivity index (χ3v) is 6.18. The molecule has 1 heterocycles. The molecule has 0 aromatic heterocycles. The zero-order valence-corrected chi connectivity index (χ0v) is 19.5. The number of halogens is 1. The van der Waals surface area contributed by atoms with Crippen molar-refractivity contribution in [2.45, 2.75) is 40.2 Å². The predicted octanol–water partition coefficient (Wildman–Crippen LogP) is 3.36. The van der Waals surface area contributed by atoms with E-state index >= 15 is 0 Å². The first kappa shape index (κ1) is 24.4. The number of likely N-dealkylation sites (tertiary alicyclic amines) is 1. The lowest BCUT2D eigenvalue weighted by Crippen LogP contribution is -2.39. The van der Waals surface area contributed by atoms with Crippen molar-refractivity contribution in [2.24, 2.45) is 0 Å². The number of likely N-dealkylation sites (N-methyl/N-ethyl adjacent to an activating group) is 2. The average molecular weight is 438 g/mol. The monoisotopic (exact) mass is 437 g/mol. The van der Waals surface area contributed by atoms with Crippen LogP contribution in [0.3, 0.4) is 0 Å². The van der Waals surface area contributed by atoms with Crippen molar-refractivity contribution >= 4 is 29.2 Å². The number of amides is 3. The van der Waals surface area contributed by atoms with Crippen LogP contribution in [0.5, 0.6) is 0 Å². The minimum absolute atomic E-state index is 0.139. The predicted molar refractivity (Wildman–Crippen MR) is 123 cm³/mol. The second-order valence-electron chi connectivity index (χ2n) is 7.52. The van der Waals surface area contributed by atoms with Crippen LogP contribution in [0, 0.1) is 0 Å². The lowest BCUT2D eigenvalue weighted by atomic mass is 10.2. The Morgan fingerprint density at radius 1 is 1.13 bits per heavy atom. The minimum Gasteiger partial charge on any atom is -0.351 e. The van der Waals surface area contributed by atoms with Gasteiger partial charge in [-0.2, -0.15) is 0 Å². The molecule has 0 aliphatic carbocycles. The number of carbonyl (C=O) groups excluding carboxylic acids is 2. The van der Waals surface area contributed by atoms with E-state index in [0.717, 1.165) is 52.2 Å². The molecule has 7 nitrogen and oxygen atoms in total. The van der Waals surface area contributed by atoms with E-state index in [2.05, 4.69) is 48.1 Å². The van der Waals surface area contributed by atoms with Crippen LogP contribution in [0.4, 0.5) is 10.5 Å². The third-order valence-electron chi connectivity index (χ3n) is 5.85. The van der Waals surface area contributed by atoms with E-state index in [0.29, 0.717) is 28.9 Å². The van der Waals surface area contributed by atoms with Gasteiger partial charge in [-0.3, -0.25) is 9.69 Å². The molecule has 0 spiro atoms. The first-order valence-corrected chi connectivity index (χ1v) is 11.4. The number of benzene rings is 1. The fourth-order valence-electron chi connectivity index (χ4n) is 3.91. The van der Waals surface area contributed by atoms with Gasteiger partial charge in [0.2, 0.25) is 0 Å². The van der Waals surface area contributed by atoms with Crippen molar-refractivity contribution in [3.05, 3.63) is 28.8 Å². The summed E-state index contributed by atoms with van der Waals surface area (Å²) in [6.07, 6.45) is 0.982. The molecule has 3 amide bonds. The molecule has 0 unspecified atom stereocenters. The van der Waals surface area contributed by atoms with Crippen LogP contribution in [0.1, 0.15) is 44.5 Å². The van der Waals surface area contributed by atoms with E-state index in [1.165, 1.54) is 0 Å². The van der Waals surface area contributed by atoms with Gasteiger partial charge in [-0.1, -0.05) is 39.3 Å². The topological polar surface area (TPSA) is 67.9 Å². The maximum absolute atomic E-state index is 12.7. The summed E-state index contributed by atoms with van der Waals surface area (Å²) in [6, 6.07) is 5.29. The van der Waals surface area contributed by atoms with E-state index in [1.807, 2.05) is 4.90 Å². The standard InChI is InChI=1S/C22H36ClN5O2/c1-5-26(6-2)14-12-24-21(29)19-15-17(9-10-20(19)23)25-22(30)28-13-11-18(16-28)27(7-3)8-4/h9-10,15,18H,5-8,11-14,16H2,1-4H3,(H,24,29)(H,25,30)/t18-/m0/s1. The summed E-state index contributed by atoms with van der Waals surface area (Å²) in [7, 11) is 0. The molecule has 168 valence electrons. The van der Waals surface area contributed by atoms with Crippen LogP contribution in [0.25, 0.3) is 0 Å². The Balaban J connectivity index is 1.94. The molecular formula is C22H36ClN5O2. The highest BCUT2D eigenvalue weighted by molar-refractivity contribution is 6.34. The van der Waals surface area contributed by atoms with Gasteiger partial charge in [0.25, 0.3) is 5.91 Å². The zero-order chi connectivity index (χ0) is 22.1. The summed E-state index contributed by atoms with van der Waals surface area (Å²) in [6.45, 7) is 15.1. The second-order valence-corrected chi connectivity index (χ2v) is 7.92. The number of anilines is 1. The number of nitrogens with zero attached hydrogens (tertiary/aromatic N) is 3. The van der Waals surface area contributed by atoms with Gasteiger partial charge >= 0.3 is 6.03 Å². The smallest absolute Gasteiger partial charge is 0.321 e. The Labute approximate surface area is 185 Å². The van der Waals surface area contributed by atoms with Gasteiger partial charge in [0.1, 0.15) is 0 Å². The summed E-state index contributed by atoms with van der Waals surface area (Å²) in [5.41, 5.74) is 0.945. The minimum atomic E-state index is -0.231. The summed E-state index contributed by atoms with van der Waals surface area (Å²) >= 11 is 6.24. The molecule has 1 aliphatic heterocycles. The number of carbonyl (C=O) groups is 2. The van der Waals surface area contributed by atoms with E-state index in [-0.39, 0.29) is 11.9 Å². The number of urea groups is 1. The van der Waals surface area contributed by atoms with Gasteiger partial charge < -0.3 is 20.4 Å². The number of nitrogens with one attached hydrogen (secondary N) is 2. The van der Waals surface area contributed by atoms with Crippen molar-refractivity contribution in [1.29, 1.82) is 0 Å². The van der Waals surface area contributed by atoms with Crippen LogP contribution in [0.2, 0.25) is 5.02 Å². The maximum atomic E-state index is 12.7. The first-order valence-electron chi connectivity index (χ1n) is 11.0. The SMILES string of the molecule is CCN(CC)CCNC(=O)c1cc(NC(=O)N2CC[C@H](N(CC)CC)C2)ccc1Cl. The van der Waals surface area contributed by atoms with Gasteiger partial charge in [0.05, 0.1) is 10.6 Å². The molecule has 0 bridgehead atoms. The summed E-state index contributed by atoms with van der Waals surface area (Å²) in [5.74, 6) is -0.231. The molecule has 1 atom stereocenters. The van der Waals surface area contributed by atoms with Gasteiger partial charge in [0, 0.05) is 37.9 Å². The summed E-state index contributed by atoms with van der Waals surface area (Å²) in [5, 5.41) is 6.20. The Bertz CT molecular complexity index is 707. The Morgan fingerprint density at radius 3 is 2.47 bits per heavy atom. The molecule has 30 heavy (non-hydrogen) atoms. The molecule has 1 aromatic carbocycles. The fraction of sp³-hybridized carbons (Fsp3) is 0.636. The van der Waals surface area contributed by atoms with Crippen molar-refractivity contribution in [2.75, 3.05) is 57.7 Å². The molecule has 2 rings (SSSR count). The zero-order valence-electron chi connectivity index (χ0n) is 18.7. The molecule has 1 fully saturated rings. The quantitative estimate of drug-likeness (QED) is 0.589. The van der Waals surface area contributed by atoms with Crippen LogP contribution < -0.4 is 10.6 Å². The number of rotatable bonds is 10. The highest BCUT2D eigenvalue weighted by Crippen LogP contribution is 2.22. The number of hydrogen-bond acceptors (Lipinski definition) is 4. The van der Waals surface area contributed by atoms with E-state index in [4.69, 9.17) is 11.6 Å². The lowest BCUT2D eigenvalue weighted by molar-refractivity contribution is 0.0949. The molecule has 1 saturated heterocycles. The molecule has 8 heteroatoms. The van der Waals surface area contributed by atoms with Crippen molar-refractivity contribution in [1.82, 2.24) is 20.0 Å². The Kier molecular flexibility index (Phi) is 9.88. The largest absolute Gasteiger partial charge is 0.351 e. The van der Waals surface area contributed by atoms with Crippen LogP contribution >= 0.6 is 11.6 Å². The molecule has 1 aromatic rings. The average Bonchev–Trinajstić information content (AvgIpc) is 3.23. The number of hydrogen-bond donors (Lipinski definition) is 2. The van der Waals surface area contributed by atoms with E-state index < -0.39 is 0 Å². The maximum Gasteiger partial charge on any atom is 0.321 e. The van der Waals surface area contributed by atoms with Crippen LogP contribution in [0.15, 0.2) is 18.2 Å². The third kappa shape index (κ3) is 6.59. The van der Waals surface area contributed by atoms with Crippen molar-refractivity contribution in [3.63, 3.8) is 0 Å². The second kappa shape index (κ2) is 12.1. The Hall–Kier alpha value is -1.83. The molecule has 0 saturated carbocycles.